The normalized spacial score (nSPS) is 11.4. The van der Waals surface area contributed by atoms with Crippen molar-refractivity contribution in [2.75, 3.05) is 6.61 Å². The first-order valence-electron chi connectivity index (χ1n) is 8.06. The molecule has 2 rings (SSSR count). The van der Waals surface area contributed by atoms with Gasteiger partial charge in [0.1, 0.15) is 11.5 Å². The van der Waals surface area contributed by atoms with Crippen LogP contribution < -0.4 is 20.3 Å². The predicted molar refractivity (Wildman–Crippen MR) is 99.2 cm³/mol. The van der Waals surface area contributed by atoms with E-state index in [1.165, 1.54) is 0 Å². The third-order valence-corrected chi connectivity index (χ3v) is 3.83. The monoisotopic (exact) mass is 376 g/mol. The van der Waals surface area contributed by atoms with Crippen LogP contribution in [0.1, 0.15) is 18.1 Å². The van der Waals surface area contributed by atoms with Gasteiger partial charge in [-0.1, -0.05) is 29.8 Å². The van der Waals surface area contributed by atoms with Gasteiger partial charge in [0.15, 0.2) is 12.7 Å². The largest absolute Gasteiger partial charge is 0.484 e. The molecule has 0 aliphatic rings. The predicted octanol–water partition coefficient (Wildman–Crippen LogP) is 2.95. The number of nitrogens with one attached hydrogen (secondary N) is 2. The van der Waals surface area contributed by atoms with Gasteiger partial charge in [-0.25, -0.2) is 0 Å². The molecule has 0 fully saturated rings. The van der Waals surface area contributed by atoms with Crippen molar-refractivity contribution in [2.24, 2.45) is 0 Å². The lowest BCUT2D eigenvalue weighted by Gasteiger charge is -2.18. The highest BCUT2D eigenvalue weighted by Crippen LogP contribution is 2.23. The third kappa shape index (κ3) is 5.67. The van der Waals surface area contributed by atoms with Crippen LogP contribution in [0.15, 0.2) is 42.5 Å². The summed E-state index contributed by atoms with van der Waals surface area (Å²) in [5.41, 5.74) is 6.48. The Kier molecular flexibility index (Phi) is 6.86. The topological polar surface area (TPSA) is 76.7 Å². The Balaban J connectivity index is 1.78. The molecule has 0 saturated heterocycles. The van der Waals surface area contributed by atoms with Crippen molar-refractivity contribution >= 4 is 23.4 Å². The highest BCUT2D eigenvalue weighted by Gasteiger charge is 2.17. The van der Waals surface area contributed by atoms with E-state index in [2.05, 4.69) is 10.9 Å². The maximum atomic E-state index is 12.1. The molecule has 7 heteroatoms. The molecule has 0 aliphatic carbocycles. The third-order valence-electron chi connectivity index (χ3n) is 3.58. The molecule has 0 saturated carbocycles. The van der Waals surface area contributed by atoms with Crippen molar-refractivity contribution < 1.29 is 19.1 Å². The van der Waals surface area contributed by atoms with Gasteiger partial charge in [-0.3, -0.25) is 20.4 Å². The van der Waals surface area contributed by atoms with Crippen molar-refractivity contribution in [2.45, 2.75) is 26.9 Å². The number of rotatable bonds is 6. The van der Waals surface area contributed by atoms with Gasteiger partial charge in [0.2, 0.25) is 0 Å². The number of amides is 2. The number of benzene rings is 2. The highest BCUT2D eigenvalue weighted by atomic mass is 35.5. The first-order chi connectivity index (χ1) is 12.4. The summed E-state index contributed by atoms with van der Waals surface area (Å²) in [6.07, 6.45) is -0.771. The van der Waals surface area contributed by atoms with E-state index in [0.29, 0.717) is 16.5 Å². The Morgan fingerprint density at radius 3 is 2.27 bits per heavy atom. The first kappa shape index (κ1) is 19.6. The molecule has 0 bridgehead atoms. The zero-order valence-electron chi connectivity index (χ0n) is 14.8. The van der Waals surface area contributed by atoms with Crippen LogP contribution in [0.3, 0.4) is 0 Å². The summed E-state index contributed by atoms with van der Waals surface area (Å²) in [5, 5.41) is 0.576. The summed E-state index contributed by atoms with van der Waals surface area (Å²) in [6.45, 7) is 5.18. The standard InChI is InChI=1S/C19H21ClN2O4/c1-12-5-4-6-13(2)18(12)26-14(3)19(24)22-21-17(23)11-25-16-9-7-15(20)8-10-16/h4-10,14H,11H2,1-3H3,(H,21,23)(H,22,24). The van der Waals surface area contributed by atoms with Gasteiger partial charge >= 0.3 is 0 Å². The first-order valence-corrected chi connectivity index (χ1v) is 8.44. The van der Waals surface area contributed by atoms with Crippen LogP contribution in [0.5, 0.6) is 11.5 Å². The second kappa shape index (κ2) is 9.10. The Hall–Kier alpha value is -2.73. The number of carbonyl (C=O) groups is 2. The van der Waals surface area contributed by atoms with E-state index in [4.69, 9.17) is 21.1 Å². The van der Waals surface area contributed by atoms with Crippen LogP contribution in [0, 0.1) is 13.8 Å². The van der Waals surface area contributed by atoms with E-state index < -0.39 is 17.9 Å². The number of aryl methyl sites for hydroxylation is 2. The molecular formula is C19H21ClN2O4. The maximum Gasteiger partial charge on any atom is 0.279 e. The number of ether oxygens (including phenoxy) is 2. The maximum absolute atomic E-state index is 12.1. The van der Waals surface area contributed by atoms with Gasteiger partial charge in [0.25, 0.3) is 11.8 Å². The lowest BCUT2D eigenvalue weighted by Crippen LogP contribution is -2.48. The minimum atomic E-state index is -0.771. The SMILES string of the molecule is Cc1cccc(C)c1OC(C)C(=O)NNC(=O)COc1ccc(Cl)cc1. The molecular weight excluding hydrogens is 356 g/mol. The number of carbonyl (C=O) groups excluding carboxylic acids is 2. The highest BCUT2D eigenvalue weighted by molar-refractivity contribution is 6.30. The van der Waals surface area contributed by atoms with Crippen molar-refractivity contribution in [1.82, 2.24) is 10.9 Å². The summed E-state index contributed by atoms with van der Waals surface area (Å²) in [4.78, 5) is 23.8. The smallest absolute Gasteiger partial charge is 0.279 e. The van der Waals surface area contributed by atoms with Crippen molar-refractivity contribution in [1.29, 1.82) is 0 Å². The molecule has 1 unspecified atom stereocenters. The molecule has 0 radical (unpaired) electrons. The summed E-state index contributed by atoms with van der Waals surface area (Å²) in [7, 11) is 0. The molecule has 0 aliphatic heterocycles. The second-order valence-corrected chi connectivity index (χ2v) is 6.20. The second-order valence-electron chi connectivity index (χ2n) is 5.76. The summed E-state index contributed by atoms with van der Waals surface area (Å²) in [6, 6.07) is 12.3. The van der Waals surface area contributed by atoms with E-state index in [0.717, 1.165) is 11.1 Å². The molecule has 2 aromatic carbocycles. The minimum absolute atomic E-state index is 0.242. The molecule has 2 amide bonds. The van der Waals surface area contributed by atoms with Crippen LogP contribution in [0.4, 0.5) is 0 Å². The summed E-state index contributed by atoms with van der Waals surface area (Å²) in [5.74, 6) is 0.204. The van der Waals surface area contributed by atoms with Crippen LogP contribution in [-0.2, 0) is 9.59 Å². The van der Waals surface area contributed by atoms with Gasteiger partial charge in [0.05, 0.1) is 0 Å². The zero-order chi connectivity index (χ0) is 19.1. The lowest BCUT2D eigenvalue weighted by atomic mass is 10.1. The fourth-order valence-corrected chi connectivity index (χ4v) is 2.29. The van der Waals surface area contributed by atoms with Crippen molar-refractivity contribution in [3.63, 3.8) is 0 Å². The zero-order valence-corrected chi connectivity index (χ0v) is 15.6. The van der Waals surface area contributed by atoms with Crippen LogP contribution >= 0.6 is 11.6 Å². The number of halogens is 1. The molecule has 1 atom stereocenters. The van der Waals surface area contributed by atoms with E-state index in [1.54, 1.807) is 31.2 Å². The molecule has 26 heavy (non-hydrogen) atoms. The minimum Gasteiger partial charge on any atom is -0.484 e. The molecule has 138 valence electrons. The number of para-hydroxylation sites is 1. The molecule has 6 nitrogen and oxygen atoms in total. The average molecular weight is 377 g/mol. The van der Waals surface area contributed by atoms with E-state index >= 15 is 0 Å². The van der Waals surface area contributed by atoms with Crippen LogP contribution in [-0.4, -0.2) is 24.5 Å². The lowest BCUT2D eigenvalue weighted by molar-refractivity contribution is -0.133. The summed E-state index contributed by atoms with van der Waals surface area (Å²) >= 11 is 5.77. The van der Waals surface area contributed by atoms with Gasteiger partial charge < -0.3 is 9.47 Å². The number of hydrogen-bond acceptors (Lipinski definition) is 4. The van der Waals surface area contributed by atoms with Crippen LogP contribution in [0.25, 0.3) is 0 Å². The molecule has 0 aromatic heterocycles. The molecule has 0 spiro atoms. The van der Waals surface area contributed by atoms with Gasteiger partial charge in [-0.2, -0.15) is 0 Å². The Labute approximate surface area is 157 Å². The van der Waals surface area contributed by atoms with Gasteiger partial charge in [0, 0.05) is 5.02 Å². The quantitative estimate of drug-likeness (QED) is 0.760. The van der Waals surface area contributed by atoms with Crippen molar-refractivity contribution in [3.05, 3.63) is 58.6 Å². The number of hydrogen-bond donors (Lipinski definition) is 2. The average Bonchev–Trinajstić information content (AvgIpc) is 2.62. The Bertz CT molecular complexity index is 757. The fourth-order valence-electron chi connectivity index (χ4n) is 2.16. The summed E-state index contributed by atoms with van der Waals surface area (Å²) < 4.78 is 11.0. The van der Waals surface area contributed by atoms with E-state index in [-0.39, 0.29) is 6.61 Å². The molecule has 0 heterocycles. The van der Waals surface area contributed by atoms with E-state index in [1.807, 2.05) is 32.0 Å². The molecule has 2 N–H and O–H groups in total. The Morgan fingerprint density at radius 1 is 1.04 bits per heavy atom. The van der Waals surface area contributed by atoms with Crippen LogP contribution in [0.2, 0.25) is 5.02 Å². The van der Waals surface area contributed by atoms with E-state index in [9.17, 15) is 9.59 Å². The van der Waals surface area contributed by atoms with Gasteiger partial charge in [-0.15, -0.1) is 0 Å². The fraction of sp³-hybridized carbons (Fsp3) is 0.263. The number of hydrazine groups is 1. The van der Waals surface area contributed by atoms with Crippen molar-refractivity contribution in [3.8, 4) is 11.5 Å². The molecule has 2 aromatic rings. The Morgan fingerprint density at radius 2 is 1.65 bits per heavy atom. The van der Waals surface area contributed by atoms with Gasteiger partial charge in [-0.05, 0) is 56.2 Å².